The molecule has 0 saturated carbocycles. The van der Waals surface area contributed by atoms with E-state index in [9.17, 15) is 4.79 Å². The summed E-state index contributed by atoms with van der Waals surface area (Å²) in [7, 11) is 1.61. The fraction of sp³-hybridized carbons (Fsp3) is 0.292. The Labute approximate surface area is 176 Å². The molecule has 0 radical (unpaired) electrons. The fourth-order valence-electron chi connectivity index (χ4n) is 4.06. The van der Waals surface area contributed by atoms with Crippen LogP contribution in [-0.2, 0) is 0 Å². The zero-order valence-corrected chi connectivity index (χ0v) is 17.3. The number of piperidine rings is 1. The minimum Gasteiger partial charge on any atom is -0.496 e. The van der Waals surface area contributed by atoms with Gasteiger partial charge in [-0.2, -0.15) is 0 Å². The number of rotatable bonds is 4. The molecule has 6 heteroatoms. The van der Waals surface area contributed by atoms with Crippen molar-refractivity contribution in [2.45, 2.75) is 25.7 Å². The molecule has 1 aliphatic heterocycles. The van der Waals surface area contributed by atoms with Gasteiger partial charge >= 0.3 is 0 Å². The van der Waals surface area contributed by atoms with Gasteiger partial charge in [0.25, 0.3) is 5.91 Å². The smallest absolute Gasteiger partial charge is 0.257 e. The Hall–Kier alpha value is -3.41. The van der Waals surface area contributed by atoms with E-state index in [0.29, 0.717) is 23.7 Å². The second kappa shape index (κ2) is 8.53. The summed E-state index contributed by atoms with van der Waals surface area (Å²) in [5.74, 6) is 1.40. The monoisotopic (exact) mass is 402 g/mol. The number of carbonyl (C=O) groups excluding carboxylic acids is 1. The van der Waals surface area contributed by atoms with Gasteiger partial charge in [-0.3, -0.25) is 9.78 Å². The van der Waals surface area contributed by atoms with Crippen LogP contribution in [0, 0.1) is 6.92 Å². The molecule has 1 atom stereocenters. The Morgan fingerprint density at radius 2 is 1.87 bits per heavy atom. The minimum atomic E-state index is 0.0184. The molecule has 3 heterocycles. The van der Waals surface area contributed by atoms with Gasteiger partial charge in [0.15, 0.2) is 0 Å². The average molecular weight is 402 g/mol. The first-order valence-electron chi connectivity index (χ1n) is 10.2. The van der Waals surface area contributed by atoms with Crippen LogP contribution in [0.25, 0.3) is 11.1 Å². The van der Waals surface area contributed by atoms with Crippen molar-refractivity contribution in [3.63, 3.8) is 0 Å². The molecule has 154 valence electrons. The number of likely N-dealkylation sites (tertiary alicyclic amines) is 1. The quantitative estimate of drug-likeness (QED) is 0.712. The summed E-state index contributed by atoms with van der Waals surface area (Å²) >= 11 is 0. The zero-order chi connectivity index (χ0) is 21.1. The lowest BCUT2D eigenvalue weighted by atomic mass is 9.93. The number of benzene rings is 1. The molecule has 1 saturated heterocycles. The molecule has 0 unspecified atom stereocenters. The highest BCUT2D eigenvalue weighted by atomic mass is 16.5. The third-order valence-electron chi connectivity index (χ3n) is 5.68. The van der Waals surface area contributed by atoms with Crippen LogP contribution in [-0.4, -0.2) is 41.0 Å². The van der Waals surface area contributed by atoms with Crippen LogP contribution < -0.4 is 10.5 Å². The molecule has 4 rings (SSSR count). The van der Waals surface area contributed by atoms with E-state index in [4.69, 9.17) is 15.5 Å². The van der Waals surface area contributed by atoms with Crippen molar-refractivity contribution in [2.75, 3.05) is 25.9 Å². The maximum absolute atomic E-state index is 13.2. The van der Waals surface area contributed by atoms with Crippen LogP contribution in [0.4, 0.5) is 5.82 Å². The van der Waals surface area contributed by atoms with Crippen LogP contribution in [0.2, 0.25) is 0 Å². The molecule has 2 aromatic heterocycles. The van der Waals surface area contributed by atoms with Crippen LogP contribution in [0.1, 0.15) is 40.4 Å². The predicted molar refractivity (Wildman–Crippen MR) is 117 cm³/mol. The van der Waals surface area contributed by atoms with Crippen molar-refractivity contribution < 1.29 is 9.53 Å². The third kappa shape index (κ3) is 3.99. The van der Waals surface area contributed by atoms with Gasteiger partial charge in [0.2, 0.25) is 0 Å². The Morgan fingerprint density at radius 3 is 2.53 bits per heavy atom. The number of amides is 1. The molecule has 0 aliphatic carbocycles. The van der Waals surface area contributed by atoms with Crippen LogP contribution >= 0.6 is 0 Å². The highest BCUT2D eigenvalue weighted by Crippen LogP contribution is 2.30. The summed E-state index contributed by atoms with van der Waals surface area (Å²) in [6, 6.07) is 13.5. The van der Waals surface area contributed by atoms with Crippen molar-refractivity contribution in [3.8, 4) is 16.9 Å². The van der Waals surface area contributed by atoms with Crippen molar-refractivity contribution in [1.29, 1.82) is 0 Å². The maximum atomic E-state index is 13.2. The number of pyridine rings is 2. The molecule has 30 heavy (non-hydrogen) atoms. The van der Waals surface area contributed by atoms with E-state index in [-0.39, 0.29) is 11.8 Å². The van der Waals surface area contributed by atoms with E-state index in [2.05, 4.69) is 17.1 Å². The summed E-state index contributed by atoms with van der Waals surface area (Å²) in [6.45, 7) is 3.37. The van der Waals surface area contributed by atoms with Gasteiger partial charge in [-0.15, -0.1) is 0 Å². The van der Waals surface area contributed by atoms with Crippen molar-refractivity contribution in [1.82, 2.24) is 14.9 Å². The lowest BCUT2D eigenvalue weighted by molar-refractivity contribution is 0.0702. The van der Waals surface area contributed by atoms with Crippen LogP contribution in [0.5, 0.6) is 5.75 Å². The number of nitrogens with two attached hydrogens (primary N) is 1. The zero-order valence-electron chi connectivity index (χ0n) is 17.3. The Bertz CT molecular complexity index is 1030. The maximum Gasteiger partial charge on any atom is 0.257 e. The summed E-state index contributed by atoms with van der Waals surface area (Å²) in [4.78, 5) is 23.9. The van der Waals surface area contributed by atoms with Crippen molar-refractivity contribution >= 4 is 11.7 Å². The Morgan fingerprint density at radius 1 is 1.10 bits per heavy atom. The Kier molecular flexibility index (Phi) is 5.65. The summed E-state index contributed by atoms with van der Waals surface area (Å²) in [5.41, 5.74) is 10.2. The minimum absolute atomic E-state index is 0.0184. The molecule has 2 N–H and O–H groups in total. The lowest BCUT2D eigenvalue weighted by Gasteiger charge is -2.33. The number of aryl methyl sites for hydroxylation is 1. The van der Waals surface area contributed by atoms with Gasteiger partial charge < -0.3 is 15.4 Å². The third-order valence-corrected chi connectivity index (χ3v) is 5.68. The number of anilines is 1. The molecular weight excluding hydrogens is 376 g/mol. The lowest BCUT2D eigenvalue weighted by Crippen LogP contribution is -2.39. The van der Waals surface area contributed by atoms with E-state index in [1.165, 1.54) is 0 Å². The number of nitrogens with zero attached hydrogens (tertiary/aromatic N) is 3. The summed E-state index contributed by atoms with van der Waals surface area (Å²) in [5, 5.41) is 0. The highest BCUT2D eigenvalue weighted by molar-refractivity contribution is 5.97. The van der Waals surface area contributed by atoms with E-state index < -0.39 is 0 Å². The molecule has 3 aromatic rings. The Balaban J connectivity index is 1.51. The van der Waals surface area contributed by atoms with Crippen LogP contribution in [0.15, 0.2) is 54.9 Å². The molecule has 0 bridgehead atoms. The van der Waals surface area contributed by atoms with E-state index in [1.807, 2.05) is 42.3 Å². The predicted octanol–water partition coefficient (Wildman–Crippen LogP) is 4.06. The molecule has 1 aliphatic rings. The molecule has 1 fully saturated rings. The number of hydrogen-bond donors (Lipinski definition) is 1. The largest absolute Gasteiger partial charge is 0.496 e. The van der Waals surface area contributed by atoms with Crippen LogP contribution in [0.3, 0.4) is 0 Å². The number of carbonyl (C=O) groups is 1. The molecule has 6 nitrogen and oxygen atoms in total. The van der Waals surface area contributed by atoms with E-state index in [1.54, 1.807) is 19.4 Å². The SMILES string of the molecule is COc1c(C)cccc1C(=O)N1CCC[C@H](c2ccc(-c3ccc(N)nc3)cn2)C1. The second-order valence-corrected chi connectivity index (χ2v) is 7.69. The normalized spacial score (nSPS) is 16.3. The number of aromatic nitrogens is 2. The number of nitrogen functional groups attached to an aromatic ring is 1. The fourth-order valence-corrected chi connectivity index (χ4v) is 4.06. The van der Waals surface area contributed by atoms with E-state index >= 15 is 0 Å². The molecule has 1 aromatic carbocycles. The van der Waals surface area contributed by atoms with Gasteiger partial charge in [-0.25, -0.2) is 4.98 Å². The van der Waals surface area contributed by atoms with E-state index in [0.717, 1.165) is 41.8 Å². The average Bonchev–Trinajstić information content (AvgIpc) is 2.79. The number of hydrogen-bond acceptors (Lipinski definition) is 5. The summed E-state index contributed by atoms with van der Waals surface area (Å²) < 4.78 is 5.49. The summed E-state index contributed by atoms with van der Waals surface area (Å²) in [6.07, 6.45) is 5.59. The molecule has 1 amide bonds. The van der Waals surface area contributed by atoms with Gasteiger partial charge in [0.05, 0.1) is 12.7 Å². The molecular formula is C24H26N4O2. The number of methoxy groups -OCH3 is 1. The topological polar surface area (TPSA) is 81.3 Å². The van der Waals surface area contributed by atoms with Crippen molar-refractivity contribution in [2.24, 2.45) is 0 Å². The van der Waals surface area contributed by atoms with Gasteiger partial charge in [-0.1, -0.05) is 18.2 Å². The first-order valence-corrected chi connectivity index (χ1v) is 10.2. The highest BCUT2D eigenvalue weighted by Gasteiger charge is 2.28. The van der Waals surface area contributed by atoms with Gasteiger partial charge in [0, 0.05) is 48.2 Å². The van der Waals surface area contributed by atoms with Gasteiger partial charge in [0.1, 0.15) is 11.6 Å². The van der Waals surface area contributed by atoms with Gasteiger partial charge in [-0.05, 0) is 49.6 Å². The standard InChI is InChI=1S/C24H26N4O2/c1-16-5-3-7-20(23(16)30-2)24(29)28-12-4-6-19(15-28)21-10-8-17(13-26-21)18-9-11-22(25)27-14-18/h3,5,7-11,13-14,19H,4,6,12,15H2,1-2H3,(H2,25,27)/t19-/m0/s1. The molecule has 0 spiro atoms. The van der Waals surface area contributed by atoms with Crippen molar-refractivity contribution in [3.05, 3.63) is 71.7 Å². The second-order valence-electron chi connectivity index (χ2n) is 7.69. The first kappa shape index (κ1) is 19.9. The number of ether oxygens (including phenoxy) is 1. The first-order chi connectivity index (χ1) is 14.6. The number of para-hydroxylation sites is 1.